The van der Waals surface area contributed by atoms with Gasteiger partial charge in [-0.2, -0.15) is 5.26 Å². The van der Waals surface area contributed by atoms with Crippen molar-refractivity contribution in [2.45, 2.75) is 64.1 Å². The Labute approximate surface area is 274 Å². The molecule has 4 heterocycles. The number of ketones is 1. The van der Waals surface area contributed by atoms with E-state index in [1.54, 1.807) is 29.2 Å². The number of nitrogens with zero attached hydrogens (tertiary/aromatic N) is 4. The van der Waals surface area contributed by atoms with Crippen LogP contribution in [-0.4, -0.2) is 89.7 Å². The highest BCUT2D eigenvalue weighted by Crippen LogP contribution is 2.25. The zero-order chi connectivity index (χ0) is 32.9. The van der Waals surface area contributed by atoms with Gasteiger partial charge < -0.3 is 24.4 Å². The molecule has 2 unspecified atom stereocenters. The summed E-state index contributed by atoms with van der Waals surface area (Å²) >= 11 is 0. The normalized spacial score (nSPS) is 19.8. The van der Waals surface area contributed by atoms with Crippen LogP contribution in [0.15, 0.2) is 52.9 Å². The predicted octanol–water partition coefficient (Wildman–Crippen LogP) is 4.33. The SMILES string of the molecule is Cc1cc2cc(NC(N[C@H]3CCCCN(CC(=O)N4CCCC4)C3=O)C(C#N)C(=O)c3ccc(C(=O)N4CCCC4)cc3)ccc2o1. The molecule has 6 rings (SSSR count). The molecule has 246 valence electrons. The number of rotatable bonds is 10. The number of furan rings is 1. The Bertz CT molecular complexity index is 1660. The molecule has 3 aromatic rings. The first-order chi connectivity index (χ1) is 22.8. The Morgan fingerprint density at radius 3 is 2.26 bits per heavy atom. The molecule has 3 atom stereocenters. The molecule has 11 nitrogen and oxygen atoms in total. The van der Waals surface area contributed by atoms with E-state index in [1.165, 1.54) is 0 Å². The second kappa shape index (κ2) is 14.4. The molecule has 0 radical (unpaired) electrons. The maximum absolute atomic E-state index is 14.0. The number of hydrogen-bond acceptors (Lipinski definition) is 8. The average molecular weight is 639 g/mol. The Kier molecular flexibility index (Phi) is 9.87. The second-order valence-electron chi connectivity index (χ2n) is 12.8. The van der Waals surface area contributed by atoms with Crippen LogP contribution in [-0.2, 0) is 9.59 Å². The van der Waals surface area contributed by atoms with E-state index >= 15 is 0 Å². The van der Waals surface area contributed by atoms with Crippen molar-refractivity contribution in [2.24, 2.45) is 5.92 Å². The summed E-state index contributed by atoms with van der Waals surface area (Å²) < 4.78 is 5.72. The Hall–Kier alpha value is -4.69. The van der Waals surface area contributed by atoms with Crippen LogP contribution < -0.4 is 10.6 Å². The van der Waals surface area contributed by atoms with Gasteiger partial charge in [0, 0.05) is 54.9 Å². The van der Waals surface area contributed by atoms with Gasteiger partial charge in [0.1, 0.15) is 23.4 Å². The van der Waals surface area contributed by atoms with Gasteiger partial charge in [-0.1, -0.05) is 12.1 Å². The number of aryl methyl sites for hydroxylation is 1. The lowest BCUT2D eigenvalue weighted by molar-refractivity contribution is -0.140. The lowest BCUT2D eigenvalue weighted by Crippen LogP contribution is -2.55. The van der Waals surface area contributed by atoms with Crippen molar-refractivity contribution in [2.75, 3.05) is 44.6 Å². The Morgan fingerprint density at radius 1 is 0.894 bits per heavy atom. The Balaban J connectivity index is 1.24. The van der Waals surface area contributed by atoms with Crippen LogP contribution in [0, 0.1) is 24.2 Å². The van der Waals surface area contributed by atoms with Crippen LogP contribution in [0.1, 0.15) is 71.4 Å². The molecular weight excluding hydrogens is 596 g/mol. The van der Waals surface area contributed by atoms with Gasteiger partial charge in [-0.25, -0.2) is 0 Å². The minimum Gasteiger partial charge on any atom is -0.461 e. The number of carbonyl (C=O) groups is 4. The molecule has 3 aliphatic heterocycles. The van der Waals surface area contributed by atoms with Crippen molar-refractivity contribution in [3.63, 3.8) is 0 Å². The lowest BCUT2D eigenvalue weighted by Gasteiger charge is -2.31. The van der Waals surface area contributed by atoms with Gasteiger partial charge >= 0.3 is 0 Å². The van der Waals surface area contributed by atoms with Crippen molar-refractivity contribution in [3.8, 4) is 6.07 Å². The molecule has 0 aliphatic carbocycles. The molecule has 0 bridgehead atoms. The molecule has 1 aromatic heterocycles. The largest absolute Gasteiger partial charge is 0.461 e. The van der Waals surface area contributed by atoms with Gasteiger partial charge in [0.25, 0.3) is 5.91 Å². The van der Waals surface area contributed by atoms with Crippen molar-refractivity contribution in [1.29, 1.82) is 5.26 Å². The summed E-state index contributed by atoms with van der Waals surface area (Å²) in [4.78, 5) is 58.9. The molecule has 11 heteroatoms. The van der Waals surface area contributed by atoms with Crippen LogP contribution in [0.5, 0.6) is 0 Å². The van der Waals surface area contributed by atoms with Crippen LogP contribution in [0.25, 0.3) is 11.0 Å². The van der Waals surface area contributed by atoms with E-state index in [1.807, 2.05) is 41.0 Å². The number of anilines is 1. The minimum atomic E-state index is -1.22. The standard InChI is InChI=1S/C36H42N6O5/c1-24-20-27-21-28(13-14-31(27)47-24)38-34(39-30-8-2-3-19-42(36(30)46)23-32(43)40-15-4-5-16-40)29(22-37)33(44)25-9-11-26(12-10-25)35(45)41-17-6-7-18-41/h9-14,20-21,29-30,34,38-39H,2-8,15-19,23H2,1H3/t29?,30-,34?/m0/s1. The number of nitriles is 1. The zero-order valence-corrected chi connectivity index (χ0v) is 26.9. The number of likely N-dealkylation sites (tertiary alicyclic amines) is 3. The van der Waals surface area contributed by atoms with Crippen LogP contribution >= 0.6 is 0 Å². The fourth-order valence-corrected chi connectivity index (χ4v) is 6.87. The Morgan fingerprint density at radius 2 is 1.55 bits per heavy atom. The third-order valence-corrected chi connectivity index (χ3v) is 9.47. The van der Waals surface area contributed by atoms with E-state index in [0.29, 0.717) is 48.5 Å². The fraction of sp³-hybridized carbons (Fsp3) is 0.472. The van der Waals surface area contributed by atoms with Gasteiger partial charge in [-0.15, -0.1) is 0 Å². The lowest BCUT2D eigenvalue weighted by atomic mass is 9.94. The number of benzene rings is 2. The highest BCUT2D eigenvalue weighted by atomic mass is 16.3. The number of fused-ring (bicyclic) bond motifs is 1. The molecule has 2 N–H and O–H groups in total. The number of carbonyl (C=O) groups excluding carboxylic acids is 4. The minimum absolute atomic E-state index is 0.0225. The van der Waals surface area contributed by atoms with E-state index in [9.17, 15) is 24.4 Å². The molecule has 3 amide bonds. The van der Waals surface area contributed by atoms with Crippen LogP contribution in [0.3, 0.4) is 0 Å². The number of Topliss-reactive ketones (excluding diaryl/α,β-unsaturated/α-hetero) is 1. The summed E-state index contributed by atoms with van der Waals surface area (Å²) in [5, 5.41) is 18.0. The summed E-state index contributed by atoms with van der Waals surface area (Å²) in [5.74, 6) is -1.21. The van der Waals surface area contributed by atoms with E-state index in [4.69, 9.17) is 4.42 Å². The third-order valence-electron chi connectivity index (χ3n) is 9.47. The molecule has 0 saturated carbocycles. The first-order valence-corrected chi connectivity index (χ1v) is 16.7. The smallest absolute Gasteiger partial charge is 0.253 e. The van der Waals surface area contributed by atoms with Gasteiger partial charge in [0.2, 0.25) is 11.8 Å². The van der Waals surface area contributed by atoms with Crippen molar-refractivity contribution in [1.82, 2.24) is 20.0 Å². The molecular formula is C36H42N6O5. The number of hydrogen-bond donors (Lipinski definition) is 2. The summed E-state index contributed by atoms with van der Waals surface area (Å²) in [6.45, 7) is 5.25. The van der Waals surface area contributed by atoms with E-state index < -0.39 is 23.9 Å². The van der Waals surface area contributed by atoms with Gasteiger partial charge in [-0.05, 0) is 88.3 Å². The quantitative estimate of drug-likeness (QED) is 0.247. The highest BCUT2D eigenvalue weighted by Gasteiger charge is 2.36. The number of amides is 3. The molecule has 3 aliphatic rings. The van der Waals surface area contributed by atoms with E-state index in [0.717, 1.165) is 62.8 Å². The third kappa shape index (κ3) is 7.33. The zero-order valence-electron chi connectivity index (χ0n) is 26.9. The number of nitrogens with one attached hydrogen (secondary N) is 2. The van der Waals surface area contributed by atoms with E-state index in [-0.39, 0.29) is 24.3 Å². The maximum Gasteiger partial charge on any atom is 0.253 e. The first-order valence-electron chi connectivity index (χ1n) is 16.7. The maximum atomic E-state index is 14.0. The topological polar surface area (TPSA) is 139 Å². The first kappa shape index (κ1) is 32.3. The fourth-order valence-electron chi connectivity index (χ4n) is 6.87. The van der Waals surface area contributed by atoms with Crippen molar-refractivity contribution < 1.29 is 23.6 Å². The molecule has 3 saturated heterocycles. The second-order valence-corrected chi connectivity index (χ2v) is 12.8. The van der Waals surface area contributed by atoms with Gasteiger partial charge in [-0.3, -0.25) is 24.5 Å². The predicted molar refractivity (Wildman–Crippen MR) is 177 cm³/mol. The van der Waals surface area contributed by atoms with Gasteiger partial charge in [0.05, 0.1) is 18.7 Å². The van der Waals surface area contributed by atoms with Crippen LogP contribution in [0.2, 0.25) is 0 Å². The average Bonchev–Trinajstić information content (AvgIpc) is 3.86. The molecule has 47 heavy (non-hydrogen) atoms. The van der Waals surface area contributed by atoms with Gasteiger partial charge in [0.15, 0.2) is 5.78 Å². The monoisotopic (exact) mass is 638 g/mol. The van der Waals surface area contributed by atoms with Crippen molar-refractivity contribution >= 4 is 40.2 Å². The van der Waals surface area contributed by atoms with Crippen molar-refractivity contribution in [3.05, 3.63) is 65.4 Å². The summed E-state index contributed by atoms with van der Waals surface area (Å²) in [6, 6.07) is 15.4. The molecule has 0 spiro atoms. The van der Waals surface area contributed by atoms with Crippen LogP contribution in [0.4, 0.5) is 5.69 Å². The summed E-state index contributed by atoms with van der Waals surface area (Å²) in [5.41, 5.74) is 2.17. The summed E-state index contributed by atoms with van der Waals surface area (Å²) in [6.07, 6.45) is 4.99. The highest BCUT2D eigenvalue weighted by molar-refractivity contribution is 6.01. The van der Waals surface area contributed by atoms with E-state index in [2.05, 4.69) is 16.7 Å². The summed E-state index contributed by atoms with van der Waals surface area (Å²) in [7, 11) is 0. The molecule has 3 fully saturated rings. The molecule has 2 aromatic carbocycles.